The van der Waals surface area contributed by atoms with Crippen LogP contribution in [0.1, 0.15) is 20.3 Å². The van der Waals surface area contributed by atoms with Crippen molar-refractivity contribution >= 4 is 17.3 Å². The zero-order chi connectivity index (χ0) is 15.7. The van der Waals surface area contributed by atoms with Crippen LogP contribution < -0.4 is 10.5 Å². The number of benzene rings is 1. The summed E-state index contributed by atoms with van der Waals surface area (Å²) in [6, 6.07) is 9.34. The normalized spacial score (nSPS) is 21.9. The number of piperidine rings is 1. The van der Waals surface area contributed by atoms with E-state index in [-0.39, 0.29) is 10.6 Å². The first-order valence-corrected chi connectivity index (χ1v) is 8.02. The van der Waals surface area contributed by atoms with Gasteiger partial charge in [-0.25, -0.2) is 0 Å². The van der Waals surface area contributed by atoms with Crippen molar-refractivity contribution in [3.05, 3.63) is 51.9 Å². The van der Waals surface area contributed by atoms with Crippen LogP contribution in [0.4, 0.5) is 5.69 Å². The Morgan fingerprint density at radius 3 is 2.41 bits per heavy atom. The van der Waals surface area contributed by atoms with E-state index in [1.165, 1.54) is 11.1 Å². The Kier molecular flexibility index (Phi) is 4.21. The van der Waals surface area contributed by atoms with Crippen LogP contribution in [0.2, 0.25) is 5.02 Å². The van der Waals surface area contributed by atoms with Crippen LogP contribution in [0.3, 0.4) is 0 Å². The summed E-state index contributed by atoms with van der Waals surface area (Å²) >= 11 is 6.36. The molecule has 1 fully saturated rings. The summed E-state index contributed by atoms with van der Waals surface area (Å²) in [5, 5.41) is 4.56. The topological polar surface area (TPSA) is 38.1 Å². The lowest BCUT2D eigenvalue weighted by molar-refractivity contribution is 0.356. The highest BCUT2D eigenvalue weighted by atomic mass is 35.5. The van der Waals surface area contributed by atoms with E-state index in [4.69, 9.17) is 11.6 Å². The summed E-state index contributed by atoms with van der Waals surface area (Å²) in [6.07, 6.45) is 2.92. The van der Waals surface area contributed by atoms with Gasteiger partial charge in [-0.05, 0) is 30.4 Å². The van der Waals surface area contributed by atoms with Gasteiger partial charge < -0.3 is 4.90 Å². The zero-order valence-corrected chi connectivity index (χ0v) is 13.6. The number of anilines is 1. The molecule has 4 nitrogen and oxygen atoms in total. The van der Waals surface area contributed by atoms with Crippen molar-refractivity contribution in [2.24, 2.45) is 11.8 Å². The lowest BCUT2D eigenvalue weighted by Crippen LogP contribution is -2.40. The Labute approximate surface area is 135 Å². The molecule has 1 aromatic carbocycles. The first-order valence-electron chi connectivity index (χ1n) is 7.64. The van der Waals surface area contributed by atoms with Crippen LogP contribution in [0.25, 0.3) is 5.69 Å². The molecule has 0 bridgehead atoms. The van der Waals surface area contributed by atoms with Crippen molar-refractivity contribution in [1.82, 2.24) is 9.78 Å². The molecule has 116 valence electrons. The van der Waals surface area contributed by atoms with Crippen LogP contribution in [-0.2, 0) is 0 Å². The van der Waals surface area contributed by atoms with Gasteiger partial charge >= 0.3 is 0 Å². The Morgan fingerprint density at radius 1 is 1.14 bits per heavy atom. The van der Waals surface area contributed by atoms with Gasteiger partial charge in [0.2, 0.25) is 0 Å². The lowest BCUT2D eigenvalue weighted by atomic mass is 9.92. The summed E-state index contributed by atoms with van der Waals surface area (Å²) in [5.41, 5.74) is 1.20. The average Bonchev–Trinajstić information content (AvgIpc) is 2.50. The SMILES string of the molecule is C[C@H]1C[C@H](C)CN(c2cnn(-c3ccccc3)c(=O)c2Cl)C1. The minimum Gasteiger partial charge on any atom is -0.368 e. The first-order chi connectivity index (χ1) is 10.6. The standard InChI is InChI=1S/C17H20ClN3O/c1-12-8-13(2)11-20(10-12)15-9-19-21(17(22)16(15)18)14-6-4-3-5-7-14/h3-7,9,12-13H,8,10-11H2,1-2H3/t12-,13-/m0/s1. The summed E-state index contributed by atoms with van der Waals surface area (Å²) < 4.78 is 1.35. The summed E-state index contributed by atoms with van der Waals surface area (Å²) in [5.74, 6) is 1.19. The van der Waals surface area contributed by atoms with Gasteiger partial charge in [0, 0.05) is 13.1 Å². The van der Waals surface area contributed by atoms with Crippen molar-refractivity contribution in [2.45, 2.75) is 20.3 Å². The van der Waals surface area contributed by atoms with Gasteiger partial charge in [0.15, 0.2) is 0 Å². The molecule has 0 spiro atoms. The molecule has 0 amide bonds. The van der Waals surface area contributed by atoms with E-state index in [1.807, 2.05) is 30.3 Å². The fourth-order valence-corrected chi connectivity index (χ4v) is 3.51. The van der Waals surface area contributed by atoms with Gasteiger partial charge in [-0.15, -0.1) is 0 Å². The fraction of sp³-hybridized carbons (Fsp3) is 0.412. The third-order valence-electron chi connectivity index (χ3n) is 4.11. The third kappa shape index (κ3) is 2.88. The largest absolute Gasteiger partial charge is 0.368 e. The second-order valence-electron chi connectivity index (χ2n) is 6.25. The predicted molar refractivity (Wildman–Crippen MR) is 90.0 cm³/mol. The van der Waals surface area contributed by atoms with Crippen molar-refractivity contribution in [3.63, 3.8) is 0 Å². The molecule has 2 aromatic rings. The molecule has 0 radical (unpaired) electrons. The highest BCUT2D eigenvalue weighted by Gasteiger charge is 2.25. The Balaban J connectivity index is 1.98. The van der Waals surface area contributed by atoms with Crippen LogP contribution in [0, 0.1) is 11.8 Å². The highest BCUT2D eigenvalue weighted by molar-refractivity contribution is 6.33. The minimum absolute atomic E-state index is 0.250. The molecule has 1 saturated heterocycles. The van der Waals surface area contributed by atoms with E-state index in [1.54, 1.807) is 6.20 Å². The Morgan fingerprint density at radius 2 is 1.77 bits per heavy atom. The molecular formula is C17H20ClN3O. The lowest BCUT2D eigenvalue weighted by Gasteiger charge is -2.36. The number of nitrogens with zero attached hydrogens (tertiary/aromatic N) is 3. The fourth-order valence-electron chi connectivity index (χ4n) is 3.26. The molecular weight excluding hydrogens is 298 g/mol. The molecule has 5 heteroatoms. The maximum atomic E-state index is 12.5. The van der Waals surface area contributed by atoms with E-state index in [2.05, 4.69) is 23.8 Å². The number of hydrogen-bond acceptors (Lipinski definition) is 3. The number of hydrogen-bond donors (Lipinski definition) is 0. The van der Waals surface area contributed by atoms with Crippen LogP contribution in [0.15, 0.2) is 41.3 Å². The first kappa shape index (κ1) is 15.1. The summed E-state index contributed by atoms with van der Waals surface area (Å²) in [4.78, 5) is 14.7. The molecule has 1 aromatic heterocycles. The molecule has 1 aliphatic rings. The zero-order valence-electron chi connectivity index (χ0n) is 12.9. The van der Waals surface area contributed by atoms with Gasteiger partial charge in [0.05, 0.1) is 17.6 Å². The van der Waals surface area contributed by atoms with Crippen molar-refractivity contribution in [2.75, 3.05) is 18.0 Å². The second kappa shape index (κ2) is 6.13. The molecule has 22 heavy (non-hydrogen) atoms. The molecule has 1 aliphatic heterocycles. The molecule has 0 unspecified atom stereocenters. The van der Waals surface area contributed by atoms with E-state index in [0.717, 1.165) is 24.5 Å². The minimum atomic E-state index is -0.267. The number of aromatic nitrogens is 2. The van der Waals surface area contributed by atoms with Gasteiger partial charge in [-0.2, -0.15) is 9.78 Å². The van der Waals surface area contributed by atoms with E-state index in [9.17, 15) is 4.79 Å². The highest BCUT2D eigenvalue weighted by Crippen LogP contribution is 2.29. The molecule has 2 heterocycles. The number of para-hydroxylation sites is 1. The number of halogens is 1. The van der Waals surface area contributed by atoms with Gasteiger partial charge in [-0.1, -0.05) is 43.6 Å². The quantitative estimate of drug-likeness (QED) is 0.852. The number of rotatable bonds is 2. The van der Waals surface area contributed by atoms with Crippen LogP contribution >= 0.6 is 11.6 Å². The van der Waals surface area contributed by atoms with Crippen LogP contribution in [-0.4, -0.2) is 22.9 Å². The third-order valence-corrected chi connectivity index (χ3v) is 4.47. The smallest absolute Gasteiger partial charge is 0.292 e. The molecule has 2 atom stereocenters. The Hall–Kier alpha value is -1.81. The maximum Gasteiger partial charge on any atom is 0.292 e. The second-order valence-corrected chi connectivity index (χ2v) is 6.63. The average molecular weight is 318 g/mol. The van der Waals surface area contributed by atoms with Gasteiger partial charge in [0.1, 0.15) is 5.02 Å². The molecule has 3 rings (SSSR count). The van der Waals surface area contributed by atoms with Crippen molar-refractivity contribution in [1.29, 1.82) is 0 Å². The van der Waals surface area contributed by atoms with Crippen LogP contribution in [0.5, 0.6) is 0 Å². The van der Waals surface area contributed by atoms with E-state index < -0.39 is 0 Å². The van der Waals surface area contributed by atoms with Crippen molar-refractivity contribution in [3.8, 4) is 5.69 Å². The maximum absolute atomic E-state index is 12.5. The summed E-state index contributed by atoms with van der Waals surface area (Å²) in [7, 11) is 0. The van der Waals surface area contributed by atoms with Crippen molar-refractivity contribution < 1.29 is 0 Å². The summed E-state index contributed by atoms with van der Waals surface area (Å²) in [6.45, 7) is 6.30. The predicted octanol–water partition coefficient (Wildman–Crippen LogP) is 3.37. The Bertz CT molecular complexity index is 704. The molecule has 0 saturated carbocycles. The molecule has 0 aliphatic carbocycles. The van der Waals surface area contributed by atoms with E-state index >= 15 is 0 Å². The monoisotopic (exact) mass is 317 g/mol. The van der Waals surface area contributed by atoms with Gasteiger partial charge in [-0.3, -0.25) is 4.79 Å². The molecule has 0 N–H and O–H groups in total. The van der Waals surface area contributed by atoms with Gasteiger partial charge in [0.25, 0.3) is 5.56 Å². The van der Waals surface area contributed by atoms with E-state index in [0.29, 0.717) is 11.8 Å².